The van der Waals surface area contributed by atoms with Crippen molar-refractivity contribution < 1.29 is 9.59 Å². The monoisotopic (exact) mass is 441 g/mol. The number of benzene rings is 3. The van der Waals surface area contributed by atoms with E-state index in [1.807, 2.05) is 84.9 Å². The van der Waals surface area contributed by atoms with Gasteiger partial charge in [-0.1, -0.05) is 96.5 Å². The largest absolute Gasteiger partial charge is 0.282 e. The minimum absolute atomic E-state index is 0.0619. The molecule has 0 bridgehead atoms. The van der Waals surface area contributed by atoms with E-state index in [1.54, 1.807) is 0 Å². The first-order valence-corrected chi connectivity index (χ1v) is 11.4. The molecule has 0 unspecified atom stereocenters. The number of halogens is 1. The number of hydrogen-bond donors (Lipinski definition) is 0. The van der Waals surface area contributed by atoms with Crippen molar-refractivity contribution in [1.82, 2.24) is 4.90 Å². The molecule has 0 N–H and O–H groups in total. The number of carbonyl (C=O) groups excluding carboxylic acids is 2. The molecule has 1 fully saturated rings. The van der Waals surface area contributed by atoms with Gasteiger partial charge in [-0.15, -0.1) is 0 Å². The van der Waals surface area contributed by atoms with Crippen molar-refractivity contribution in [1.29, 1.82) is 0 Å². The third-order valence-electron chi connectivity index (χ3n) is 6.70. The van der Waals surface area contributed by atoms with E-state index in [1.165, 1.54) is 4.90 Å². The van der Waals surface area contributed by atoms with Crippen LogP contribution in [-0.4, -0.2) is 23.3 Å². The third-order valence-corrected chi connectivity index (χ3v) is 6.95. The summed E-state index contributed by atoms with van der Waals surface area (Å²) in [7, 11) is 0. The van der Waals surface area contributed by atoms with Crippen molar-refractivity contribution in [3.8, 4) is 0 Å². The van der Waals surface area contributed by atoms with E-state index in [0.717, 1.165) is 16.7 Å². The minimum atomic E-state index is -0.384. The van der Waals surface area contributed by atoms with E-state index in [9.17, 15) is 9.59 Å². The molecule has 2 amide bonds. The summed E-state index contributed by atoms with van der Waals surface area (Å²) in [6, 6.07) is 27.6. The number of fused-ring (bicyclic) bond motifs is 1. The maximum absolute atomic E-state index is 13.6. The van der Waals surface area contributed by atoms with Crippen LogP contribution in [0.5, 0.6) is 0 Å². The van der Waals surface area contributed by atoms with Gasteiger partial charge in [0, 0.05) is 23.4 Å². The van der Waals surface area contributed by atoms with Gasteiger partial charge >= 0.3 is 0 Å². The van der Waals surface area contributed by atoms with E-state index in [2.05, 4.69) is 12.2 Å². The molecule has 4 atom stereocenters. The zero-order valence-electron chi connectivity index (χ0n) is 17.6. The highest BCUT2D eigenvalue weighted by Crippen LogP contribution is 2.49. The summed E-state index contributed by atoms with van der Waals surface area (Å²) in [4.78, 5) is 28.8. The van der Waals surface area contributed by atoms with E-state index >= 15 is 0 Å². The predicted octanol–water partition coefficient (Wildman–Crippen LogP) is 5.62. The van der Waals surface area contributed by atoms with Gasteiger partial charge in [0.15, 0.2) is 0 Å². The minimum Gasteiger partial charge on any atom is -0.282 e. The van der Waals surface area contributed by atoms with Crippen LogP contribution in [0.1, 0.15) is 28.5 Å². The Morgan fingerprint density at radius 2 is 1.12 bits per heavy atom. The van der Waals surface area contributed by atoms with Crippen LogP contribution >= 0.6 is 11.6 Å². The number of nitrogens with zero attached hydrogens (tertiary/aromatic N) is 1. The fourth-order valence-corrected chi connectivity index (χ4v) is 5.23. The van der Waals surface area contributed by atoms with Gasteiger partial charge in [0.2, 0.25) is 11.8 Å². The molecule has 0 saturated carbocycles. The van der Waals surface area contributed by atoms with Gasteiger partial charge in [-0.2, -0.15) is 0 Å². The second kappa shape index (κ2) is 8.76. The van der Waals surface area contributed by atoms with Crippen molar-refractivity contribution in [2.45, 2.75) is 18.3 Å². The highest BCUT2D eigenvalue weighted by Gasteiger charge is 2.54. The van der Waals surface area contributed by atoms with E-state index in [-0.39, 0.29) is 35.5 Å². The van der Waals surface area contributed by atoms with Crippen LogP contribution in [-0.2, 0) is 16.0 Å². The summed E-state index contributed by atoms with van der Waals surface area (Å²) < 4.78 is 0. The van der Waals surface area contributed by atoms with Gasteiger partial charge in [0.1, 0.15) is 0 Å². The normalized spacial score (nSPS) is 24.6. The van der Waals surface area contributed by atoms with E-state index in [0.29, 0.717) is 18.0 Å². The lowest BCUT2D eigenvalue weighted by molar-refractivity contribution is -0.139. The average molecular weight is 442 g/mol. The lowest BCUT2D eigenvalue weighted by atomic mass is 9.68. The number of rotatable bonds is 5. The van der Waals surface area contributed by atoms with Crippen LogP contribution in [0.2, 0.25) is 5.02 Å². The highest BCUT2D eigenvalue weighted by molar-refractivity contribution is 6.30. The first kappa shape index (κ1) is 20.7. The topological polar surface area (TPSA) is 37.4 Å². The third kappa shape index (κ3) is 3.78. The fourth-order valence-electron chi connectivity index (χ4n) is 5.11. The lowest BCUT2D eigenvalue weighted by Crippen LogP contribution is -2.33. The Morgan fingerprint density at radius 1 is 0.656 bits per heavy atom. The van der Waals surface area contributed by atoms with Gasteiger partial charge in [-0.25, -0.2) is 0 Å². The van der Waals surface area contributed by atoms with Crippen LogP contribution in [0.3, 0.4) is 0 Å². The molecule has 32 heavy (non-hydrogen) atoms. The molecular weight excluding hydrogens is 418 g/mol. The molecular formula is C28H24ClNO2. The smallest absolute Gasteiger partial charge is 0.234 e. The lowest BCUT2D eigenvalue weighted by Gasteiger charge is -2.32. The summed E-state index contributed by atoms with van der Waals surface area (Å²) in [6.45, 7) is 0.384. The first-order valence-electron chi connectivity index (χ1n) is 11.0. The molecule has 3 aromatic rings. The van der Waals surface area contributed by atoms with Crippen molar-refractivity contribution in [2.24, 2.45) is 11.8 Å². The Hall–Kier alpha value is -3.17. The van der Waals surface area contributed by atoms with Crippen molar-refractivity contribution in [3.05, 3.63) is 119 Å². The van der Waals surface area contributed by atoms with Crippen LogP contribution in [0.4, 0.5) is 0 Å². The molecule has 0 aromatic heterocycles. The zero-order valence-corrected chi connectivity index (χ0v) is 18.4. The number of carbonyl (C=O) groups is 2. The van der Waals surface area contributed by atoms with Crippen molar-refractivity contribution in [2.75, 3.05) is 6.54 Å². The molecule has 0 radical (unpaired) electrons. The molecule has 1 aliphatic heterocycles. The molecule has 0 spiro atoms. The highest BCUT2D eigenvalue weighted by atomic mass is 35.5. The molecule has 1 aliphatic carbocycles. The Bertz CT molecular complexity index is 1070. The average Bonchev–Trinajstić information content (AvgIpc) is 3.09. The van der Waals surface area contributed by atoms with Gasteiger partial charge < -0.3 is 0 Å². The van der Waals surface area contributed by atoms with Crippen molar-refractivity contribution in [3.63, 3.8) is 0 Å². The van der Waals surface area contributed by atoms with Crippen LogP contribution in [0.15, 0.2) is 97.1 Å². The molecule has 3 aromatic carbocycles. The van der Waals surface area contributed by atoms with Gasteiger partial charge in [0.25, 0.3) is 0 Å². The Balaban J connectivity index is 1.48. The summed E-state index contributed by atoms with van der Waals surface area (Å²) in [5.41, 5.74) is 3.21. The van der Waals surface area contributed by atoms with Crippen LogP contribution in [0.25, 0.3) is 0 Å². The Morgan fingerprint density at radius 3 is 1.59 bits per heavy atom. The predicted molar refractivity (Wildman–Crippen MR) is 126 cm³/mol. The number of hydrogen-bond acceptors (Lipinski definition) is 2. The molecule has 5 rings (SSSR count). The standard InChI is InChI=1S/C28H24ClNO2/c29-22-13-11-19(12-14-22)17-18-30-27(31)25-23(20-7-3-1-4-8-20)15-16-24(26(25)28(30)32)21-9-5-2-6-10-21/h1-16,23-26H,17-18H2/t23-,24+,25-,26-/m1/s1. The molecule has 1 saturated heterocycles. The van der Waals surface area contributed by atoms with Crippen molar-refractivity contribution >= 4 is 23.4 Å². The molecule has 160 valence electrons. The molecule has 4 heteroatoms. The van der Waals surface area contributed by atoms with Gasteiger partial charge in [-0.3, -0.25) is 14.5 Å². The van der Waals surface area contributed by atoms with E-state index < -0.39 is 0 Å². The number of likely N-dealkylation sites (tertiary alicyclic amines) is 1. The maximum atomic E-state index is 13.6. The summed E-state index contributed by atoms with van der Waals surface area (Å²) >= 11 is 5.99. The summed E-state index contributed by atoms with van der Waals surface area (Å²) in [6.07, 6.45) is 4.87. The van der Waals surface area contributed by atoms with Crippen LogP contribution < -0.4 is 0 Å². The number of amides is 2. The molecule has 2 aliphatic rings. The summed E-state index contributed by atoms with van der Waals surface area (Å²) in [5, 5.41) is 0.676. The first-order chi connectivity index (χ1) is 15.6. The number of imide groups is 1. The zero-order chi connectivity index (χ0) is 22.1. The Labute approximate surface area is 193 Å². The van der Waals surface area contributed by atoms with Gasteiger partial charge in [-0.05, 0) is 35.2 Å². The van der Waals surface area contributed by atoms with Crippen LogP contribution in [0, 0.1) is 11.8 Å². The quantitative estimate of drug-likeness (QED) is 0.380. The van der Waals surface area contributed by atoms with Gasteiger partial charge in [0.05, 0.1) is 11.8 Å². The second-order valence-electron chi connectivity index (χ2n) is 8.51. The summed E-state index contributed by atoms with van der Waals surface area (Å²) in [5.74, 6) is -1.09. The Kier molecular flexibility index (Phi) is 5.67. The maximum Gasteiger partial charge on any atom is 0.234 e. The molecule has 3 nitrogen and oxygen atoms in total. The number of allylic oxidation sites excluding steroid dienone is 2. The fraction of sp³-hybridized carbons (Fsp3) is 0.214. The molecule has 1 heterocycles. The second-order valence-corrected chi connectivity index (χ2v) is 8.95. The SMILES string of the molecule is O=C1[C@H]2[C@H](C(=O)N1CCc1ccc(Cl)cc1)[C@H](c1ccccc1)C=C[C@@H]2c1ccccc1. The van der Waals surface area contributed by atoms with E-state index in [4.69, 9.17) is 11.6 Å².